The predicted molar refractivity (Wildman–Crippen MR) is 131 cm³/mol. The minimum Gasteiger partial charge on any atom is -0.338 e. The van der Waals surface area contributed by atoms with Crippen LogP contribution in [0.25, 0.3) is 27.3 Å². The van der Waals surface area contributed by atoms with Crippen molar-refractivity contribution in [2.24, 2.45) is 0 Å². The quantitative estimate of drug-likeness (QED) is 0.387. The molecule has 1 fully saturated rings. The van der Waals surface area contributed by atoms with Gasteiger partial charge < -0.3 is 9.80 Å². The second-order valence-electron chi connectivity index (χ2n) is 8.39. The summed E-state index contributed by atoms with van der Waals surface area (Å²) in [6.07, 6.45) is 0. The molecule has 3 aromatic heterocycles. The first kappa shape index (κ1) is 20.7. The molecule has 6 rings (SSSR count). The molecule has 0 saturated carbocycles. The third-order valence-electron chi connectivity index (χ3n) is 6.21. The summed E-state index contributed by atoms with van der Waals surface area (Å²) in [6, 6.07) is 17.7. The van der Waals surface area contributed by atoms with E-state index in [9.17, 15) is 9.18 Å². The number of anilines is 1. The first-order chi connectivity index (χ1) is 16.6. The molecule has 1 aliphatic heterocycles. The number of para-hydroxylation sites is 1. The fraction of sp³-hybridized carbons (Fsp3) is 0.200. The van der Waals surface area contributed by atoms with Gasteiger partial charge >= 0.3 is 0 Å². The number of carbonyl (C=O) groups is 1. The van der Waals surface area contributed by atoms with Crippen LogP contribution >= 0.6 is 11.3 Å². The monoisotopic (exact) mass is 472 g/mol. The Bertz CT molecular complexity index is 1510. The number of halogens is 1. The lowest BCUT2D eigenvalue weighted by Crippen LogP contribution is -2.54. The van der Waals surface area contributed by atoms with Crippen molar-refractivity contribution < 1.29 is 9.18 Å². The Balaban J connectivity index is 1.40. The normalized spacial score (nSPS) is 16.5. The summed E-state index contributed by atoms with van der Waals surface area (Å²) >= 11 is 1.61. The van der Waals surface area contributed by atoms with E-state index >= 15 is 0 Å². The number of fused-ring (bicyclic) bond motifs is 3. The molecule has 1 aliphatic rings. The zero-order chi connectivity index (χ0) is 23.2. The van der Waals surface area contributed by atoms with Crippen molar-refractivity contribution in [1.29, 1.82) is 0 Å². The number of aromatic nitrogens is 4. The van der Waals surface area contributed by atoms with Gasteiger partial charge in [-0.2, -0.15) is 0 Å². The average molecular weight is 473 g/mol. The van der Waals surface area contributed by atoms with Crippen molar-refractivity contribution in [3.8, 4) is 10.7 Å². The van der Waals surface area contributed by atoms with Crippen LogP contribution in [0.3, 0.4) is 0 Å². The summed E-state index contributed by atoms with van der Waals surface area (Å²) in [5.74, 6) is 0.941. The zero-order valence-corrected chi connectivity index (χ0v) is 19.2. The molecule has 0 radical (unpaired) electrons. The molecule has 1 atom stereocenters. The fourth-order valence-electron chi connectivity index (χ4n) is 4.57. The van der Waals surface area contributed by atoms with Crippen LogP contribution in [0.4, 0.5) is 10.3 Å². The number of piperazine rings is 1. The highest BCUT2D eigenvalue weighted by Crippen LogP contribution is 2.31. The predicted octanol–water partition coefficient (Wildman–Crippen LogP) is 4.50. The second-order valence-corrected chi connectivity index (χ2v) is 9.34. The van der Waals surface area contributed by atoms with Gasteiger partial charge in [-0.3, -0.25) is 4.79 Å². The lowest BCUT2D eigenvalue weighted by Gasteiger charge is -2.40. The third kappa shape index (κ3) is 3.40. The van der Waals surface area contributed by atoms with Crippen molar-refractivity contribution in [2.45, 2.75) is 13.0 Å². The number of benzene rings is 2. The smallest absolute Gasteiger partial charge is 0.254 e. The zero-order valence-electron chi connectivity index (χ0n) is 18.4. The Hall–Kier alpha value is -3.85. The van der Waals surface area contributed by atoms with Gasteiger partial charge in [0.1, 0.15) is 5.82 Å². The van der Waals surface area contributed by atoms with E-state index in [1.54, 1.807) is 28.4 Å². The summed E-state index contributed by atoms with van der Waals surface area (Å²) in [5.41, 5.74) is 1.97. The van der Waals surface area contributed by atoms with Crippen molar-refractivity contribution in [2.75, 3.05) is 24.5 Å². The Labute approximate surface area is 199 Å². The standard InChI is InChI=1S/C25H21FN6OS/c1-16-15-30(11-12-31(16)24(33)17-6-4-7-18(26)14-17)25-27-20-9-3-2-8-19(20)22-28-29-23(32(22)25)21-10-5-13-34-21/h2-10,13-14,16H,11-12,15H2,1H3/t16-/m1/s1. The fourth-order valence-corrected chi connectivity index (χ4v) is 5.27. The van der Waals surface area contributed by atoms with E-state index in [-0.39, 0.29) is 11.9 Å². The summed E-state index contributed by atoms with van der Waals surface area (Å²) in [4.78, 5) is 23.1. The molecule has 4 heterocycles. The highest BCUT2D eigenvalue weighted by atomic mass is 32.1. The van der Waals surface area contributed by atoms with Gasteiger partial charge in [0.15, 0.2) is 11.5 Å². The number of carbonyl (C=O) groups excluding carboxylic acids is 1. The van der Waals surface area contributed by atoms with Gasteiger partial charge in [0, 0.05) is 36.6 Å². The molecule has 2 aromatic carbocycles. The van der Waals surface area contributed by atoms with Crippen LogP contribution < -0.4 is 4.90 Å². The van der Waals surface area contributed by atoms with Gasteiger partial charge in [-0.05, 0) is 48.7 Å². The highest BCUT2D eigenvalue weighted by molar-refractivity contribution is 7.13. The Kier molecular flexibility index (Phi) is 4.99. The molecule has 170 valence electrons. The number of rotatable bonds is 3. The number of amides is 1. The lowest BCUT2D eigenvalue weighted by atomic mass is 10.1. The maximum absolute atomic E-state index is 13.7. The van der Waals surface area contributed by atoms with E-state index in [4.69, 9.17) is 4.98 Å². The Morgan fingerprint density at radius 3 is 2.74 bits per heavy atom. The molecule has 1 saturated heterocycles. The Morgan fingerprint density at radius 1 is 1.06 bits per heavy atom. The van der Waals surface area contributed by atoms with Gasteiger partial charge in [0.05, 0.1) is 10.4 Å². The average Bonchev–Trinajstić information content (AvgIpc) is 3.53. The maximum Gasteiger partial charge on any atom is 0.254 e. The molecule has 0 bridgehead atoms. The van der Waals surface area contributed by atoms with E-state index in [1.807, 2.05) is 53.1 Å². The first-order valence-corrected chi connectivity index (χ1v) is 12.0. The Morgan fingerprint density at radius 2 is 1.94 bits per heavy atom. The minimum atomic E-state index is -0.409. The van der Waals surface area contributed by atoms with Crippen LogP contribution in [0, 0.1) is 5.82 Å². The summed E-state index contributed by atoms with van der Waals surface area (Å²) in [7, 11) is 0. The number of nitrogens with zero attached hydrogens (tertiary/aromatic N) is 6. The minimum absolute atomic E-state index is 0.0884. The van der Waals surface area contributed by atoms with E-state index in [0.717, 1.165) is 33.2 Å². The van der Waals surface area contributed by atoms with E-state index in [1.165, 1.54) is 12.1 Å². The second kappa shape index (κ2) is 8.18. The van der Waals surface area contributed by atoms with Gasteiger partial charge in [0.2, 0.25) is 5.95 Å². The van der Waals surface area contributed by atoms with Crippen LogP contribution in [0.5, 0.6) is 0 Å². The highest BCUT2D eigenvalue weighted by Gasteiger charge is 2.31. The molecule has 9 heteroatoms. The van der Waals surface area contributed by atoms with Crippen LogP contribution in [0.1, 0.15) is 17.3 Å². The van der Waals surface area contributed by atoms with Crippen LogP contribution in [-0.4, -0.2) is 56.1 Å². The SMILES string of the molecule is C[C@@H]1CN(c2nc3ccccc3c3nnc(-c4cccs4)n23)CCN1C(=O)c1cccc(F)c1. The third-order valence-corrected chi connectivity index (χ3v) is 7.08. The van der Waals surface area contributed by atoms with Crippen molar-refractivity contribution in [1.82, 2.24) is 24.5 Å². The molecule has 5 aromatic rings. The van der Waals surface area contributed by atoms with Crippen LogP contribution in [-0.2, 0) is 0 Å². The molecular weight excluding hydrogens is 451 g/mol. The topological polar surface area (TPSA) is 66.6 Å². The molecule has 0 aliphatic carbocycles. The van der Waals surface area contributed by atoms with E-state index in [0.29, 0.717) is 25.2 Å². The summed E-state index contributed by atoms with van der Waals surface area (Å²) in [6.45, 7) is 3.69. The molecular formula is C25H21FN6OS. The first-order valence-electron chi connectivity index (χ1n) is 11.1. The van der Waals surface area contributed by atoms with Gasteiger partial charge in [-0.15, -0.1) is 21.5 Å². The summed E-state index contributed by atoms with van der Waals surface area (Å²) < 4.78 is 15.7. The lowest BCUT2D eigenvalue weighted by molar-refractivity contribution is 0.0672. The van der Waals surface area contributed by atoms with Gasteiger partial charge in [0.25, 0.3) is 5.91 Å². The molecule has 34 heavy (non-hydrogen) atoms. The van der Waals surface area contributed by atoms with Crippen molar-refractivity contribution in [3.05, 3.63) is 77.4 Å². The summed E-state index contributed by atoms with van der Waals surface area (Å²) in [5, 5.41) is 12.0. The number of hydrogen-bond acceptors (Lipinski definition) is 6. The maximum atomic E-state index is 13.7. The molecule has 1 amide bonds. The van der Waals surface area contributed by atoms with E-state index in [2.05, 4.69) is 15.1 Å². The van der Waals surface area contributed by atoms with Crippen LogP contribution in [0.15, 0.2) is 66.0 Å². The van der Waals surface area contributed by atoms with Crippen LogP contribution in [0.2, 0.25) is 0 Å². The number of hydrogen-bond donors (Lipinski definition) is 0. The van der Waals surface area contributed by atoms with Crippen molar-refractivity contribution >= 4 is 39.7 Å². The van der Waals surface area contributed by atoms with Crippen molar-refractivity contribution in [3.63, 3.8) is 0 Å². The van der Waals surface area contributed by atoms with Gasteiger partial charge in [-0.1, -0.05) is 24.3 Å². The largest absolute Gasteiger partial charge is 0.338 e. The molecule has 0 N–H and O–H groups in total. The molecule has 0 unspecified atom stereocenters. The molecule has 7 nitrogen and oxygen atoms in total. The van der Waals surface area contributed by atoms with E-state index < -0.39 is 5.82 Å². The molecule has 0 spiro atoms. The van der Waals surface area contributed by atoms with Gasteiger partial charge in [-0.25, -0.2) is 13.8 Å². The number of thiophene rings is 1.